The number of aliphatic imine (C=N–C) groups is 1. The Morgan fingerprint density at radius 3 is 2.62 bits per heavy atom. The van der Waals surface area contributed by atoms with Gasteiger partial charge in [-0.2, -0.15) is 0 Å². The summed E-state index contributed by atoms with van der Waals surface area (Å²) >= 11 is 1.67. The minimum Gasteiger partial charge on any atom is -0.322 e. The van der Waals surface area contributed by atoms with Gasteiger partial charge in [-0.25, -0.2) is 0 Å². The minimum atomic E-state index is -0.0904. The Hall–Kier alpha value is -2.53. The van der Waals surface area contributed by atoms with E-state index in [2.05, 4.69) is 20.6 Å². The van der Waals surface area contributed by atoms with Crippen molar-refractivity contribution in [2.45, 2.75) is 6.92 Å². The maximum absolute atomic E-state index is 12.3. The normalized spacial score (nSPS) is 15.8. The van der Waals surface area contributed by atoms with Crippen LogP contribution < -0.4 is 5.32 Å². The van der Waals surface area contributed by atoms with Crippen molar-refractivity contribution in [1.82, 2.24) is 4.90 Å². The Morgan fingerprint density at radius 2 is 1.88 bits per heavy atom. The largest absolute Gasteiger partial charge is 0.322 e. The van der Waals surface area contributed by atoms with Crippen LogP contribution in [0.4, 0.5) is 5.69 Å². The van der Waals surface area contributed by atoms with E-state index in [1.807, 2.05) is 55.5 Å². The molecule has 0 atom stereocenters. The van der Waals surface area contributed by atoms with Crippen molar-refractivity contribution in [3.8, 4) is 0 Å². The third-order valence-corrected chi connectivity index (χ3v) is 5.02. The number of thioether (sulfide) groups is 1. The van der Waals surface area contributed by atoms with Crippen molar-refractivity contribution in [3.05, 3.63) is 70.6 Å². The van der Waals surface area contributed by atoms with Crippen molar-refractivity contribution < 1.29 is 4.79 Å². The predicted molar refractivity (Wildman–Crippen MR) is 100 cm³/mol. The van der Waals surface area contributed by atoms with Gasteiger partial charge in [-0.05, 0) is 36.8 Å². The zero-order chi connectivity index (χ0) is 16.5. The van der Waals surface area contributed by atoms with Crippen LogP contribution in [-0.2, 0) is 0 Å². The van der Waals surface area contributed by atoms with Crippen LogP contribution in [-0.4, -0.2) is 29.1 Å². The third-order valence-electron chi connectivity index (χ3n) is 4.12. The molecule has 0 aliphatic carbocycles. The van der Waals surface area contributed by atoms with Gasteiger partial charge >= 0.3 is 0 Å². The van der Waals surface area contributed by atoms with Gasteiger partial charge in [-0.3, -0.25) is 9.79 Å². The van der Waals surface area contributed by atoms with Gasteiger partial charge in [-0.15, -0.1) is 0 Å². The molecular formula is C19H17N3OS. The van der Waals surface area contributed by atoms with Crippen LogP contribution in [0.25, 0.3) is 5.70 Å². The van der Waals surface area contributed by atoms with E-state index in [1.165, 1.54) is 5.70 Å². The van der Waals surface area contributed by atoms with Gasteiger partial charge in [0.25, 0.3) is 5.91 Å². The molecule has 0 radical (unpaired) electrons. The highest BCUT2D eigenvalue weighted by atomic mass is 32.2. The highest BCUT2D eigenvalue weighted by Gasteiger charge is 2.26. The first-order valence-corrected chi connectivity index (χ1v) is 8.76. The second-order valence-electron chi connectivity index (χ2n) is 5.83. The molecule has 24 heavy (non-hydrogen) atoms. The molecule has 0 unspecified atom stereocenters. The van der Waals surface area contributed by atoms with Crippen molar-refractivity contribution in [1.29, 1.82) is 0 Å². The van der Waals surface area contributed by atoms with Gasteiger partial charge in [0.1, 0.15) is 0 Å². The van der Waals surface area contributed by atoms with Gasteiger partial charge in [0.2, 0.25) is 0 Å². The van der Waals surface area contributed by atoms with Gasteiger partial charge in [0.15, 0.2) is 5.17 Å². The number of rotatable bonds is 3. The van der Waals surface area contributed by atoms with Crippen molar-refractivity contribution in [2.75, 3.05) is 18.4 Å². The second-order valence-corrected chi connectivity index (χ2v) is 6.67. The summed E-state index contributed by atoms with van der Waals surface area (Å²) in [6, 6.07) is 15.5. The monoisotopic (exact) mass is 335 g/mol. The summed E-state index contributed by atoms with van der Waals surface area (Å²) in [5.41, 5.74) is 4.93. The molecule has 1 N–H and O–H groups in total. The highest BCUT2D eigenvalue weighted by Crippen LogP contribution is 2.35. The average Bonchev–Trinajstić information content (AvgIpc) is 3.20. The average molecular weight is 335 g/mol. The Balaban J connectivity index is 1.47. The van der Waals surface area contributed by atoms with Crippen LogP contribution in [0.5, 0.6) is 0 Å². The summed E-state index contributed by atoms with van der Waals surface area (Å²) in [5.74, 6) is -0.0904. The van der Waals surface area contributed by atoms with Crippen LogP contribution in [0, 0.1) is 6.92 Å². The van der Waals surface area contributed by atoms with E-state index in [0.717, 1.165) is 35.1 Å². The standard InChI is InChI=1S/C19H17N3OS/c1-13-2-4-15(5-3-13)18(23)21-16-8-6-14(7-9-16)17-12-24-19-20-10-11-22(17)19/h2-9,12H,10-11H2,1H3,(H,21,23). The van der Waals surface area contributed by atoms with Gasteiger partial charge in [0, 0.05) is 23.2 Å². The Labute approximate surface area is 145 Å². The number of carbonyl (C=O) groups is 1. The first kappa shape index (κ1) is 15.0. The zero-order valence-electron chi connectivity index (χ0n) is 13.3. The molecule has 0 aromatic heterocycles. The molecule has 2 aromatic rings. The van der Waals surface area contributed by atoms with Crippen molar-refractivity contribution in [3.63, 3.8) is 0 Å². The molecule has 2 aliphatic rings. The lowest BCUT2D eigenvalue weighted by atomic mass is 10.1. The smallest absolute Gasteiger partial charge is 0.255 e. The first-order chi connectivity index (χ1) is 11.7. The number of hydrogen-bond acceptors (Lipinski definition) is 4. The molecule has 2 aliphatic heterocycles. The Morgan fingerprint density at radius 1 is 1.12 bits per heavy atom. The zero-order valence-corrected chi connectivity index (χ0v) is 14.1. The molecule has 0 spiro atoms. The number of amidine groups is 1. The Kier molecular flexibility index (Phi) is 3.86. The third kappa shape index (κ3) is 2.83. The number of amides is 1. The van der Waals surface area contributed by atoms with E-state index >= 15 is 0 Å². The fourth-order valence-corrected chi connectivity index (χ4v) is 3.74. The topological polar surface area (TPSA) is 44.7 Å². The van der Waals surface area contributed by atoms with Gasteiger partial charge < -0.3 is 10.2 Å². The van der Waals surface area contributed by atoms with Crippen LogP contribution in [0.15, 0.2) is 58.9 Å². The molecule has 120 valence electrons. The number of carbonyl (C=O) groups excluding carboxylic acids is 1. The number of nitrogens with zero attached hydrogens (tertiary/aromatic N) is 2. The van der Waals surface area contributed by atoms with E-state index in [0.29, 0.717) is 5.56 Å². The second kappa shape index (κ2) is 6.17. The SMILES string of the molecule is Cc1ccc(C(=O)Nc2ccc(C3=CSC4=NCCN34)cc2)cc1. The van der Waals surface area contributed by atoms with Crippen LogP contribution in [0.1, 0.15) is 21.5 Å². The number of fused-ring (bicyclic) bond motifs is 1. The van der Waals surface area contributed by atoms with E-state index in [9.17, 15) is 4.79 Å². The predicted octanol–water partition coefficient (Wildman–Crippen LogP) is 3.96. The maximum atomic E-state index is 12.3. The molecule has 2 aromatic carbocycles. The lowest BCUT2D eigenvalue weighted by Gasteiger charge is -2.16. The van der Waals surface area contributed by atoms with Crippen molar-refractivity contribution >= 4 is 34.2 Å². The quantitative estimate of drug-likeness (QED) is 0.923. The molecule has 4 rings (SSSR count). The summed E-state index contributed by atoms with van der Waals surface area (Å²) in [5, 5.41) is 6.16. The summed E-state index contributed by atoms with van der Waals surface area (Å²) in [7, 11) is 0. The fraction of sp³-hybridized carbons (Fsp3) is 0.158. The maximum Gasteiger partial charge on any atom is 0.255 e. The molecule has 0 bridgehead atoms. The lowest BCUT2D eigenvalue weighted by molar-refractivity contribution is 0.102. The molecule has 0 saturated heterocycles. The minimum absolute atomic E-state index is 0.0904. The summed E-state index contributed by atoms with van der Waals surface area (Å²) in [6.45, 7) is 3.82. The van der Waals surface area contributed by atoms with Gasteiger partial charge in [0.05, 0.1) is 12.2 Å². The lowest BCUT2D eigenvalue weighted by Crippen LogP contribution is -2.19. The number of aryl methyl sites for hydroxylation is 1. The van der Waals surface area contributed by atoms with Crippen LogP contribution in [0.3, 0.4) is 0 Å². The molecule has 0 saturated carbocycles. The summed E-state index contributed by atoms with van der Waals surface area (Å²) in [4.78, 5) is 19.0. The Bertz CT molecular complexity index is 838. The molecule has 2 heterocycles. The number of hydrogen-bond donors (Lipinski definition) is 1. The van der Waals surface area contributed by atoms with Crippen molar-refractivity contribution in [2.24, 2.45) is 4.99 Å². The van der Waals surface area contributed by atoms with E-state index in [1.54, 1.807) is 11.8 Å². The summed E-state index contributed by atoms with van der Waals surface area (Å²) < 4.78 is 0. The molecule has 4 nitrogen and oxygen atoms in total. The molecular weight excluding hydrogens is 318 g/mol. The van der Waals surface area contributed by atoms with E-state index in [-0.39, 0.29) is 5.91 Å². The van der Waals surface area contributed by atoms with E-state index in [4.69, 9.17) is 0 Å². The summed E-state index contributed by atoms with van der Waals surface area (Å²) in [6.07, 6.45) is 0. The molecule has 5 heteroatoms. The number of benzene rings is 2. The van der Waals surface area contributed by atoms with Gasteiger partial charge in [-0.1, -0.05) is 41.6 Å². The van der Waals surface area contributed by atoms with Crippen LogP contribution in [0.2, 0.25) is 0 Å². The number of nitrogens with one attached hydrogen (secondary N) is 1. The van der Waals surface area contributed by atoms with Crippen LogP contribution >= 0.6 is 11.8 Å². The number of anilines is 1. The molecule has 0 fully saturated rings. The first-order valence-electron chi connectivity index (χ1n) is 7.88. The van der Waals surface area contributed by atoms with E-state index < -0.39 is 0 Å². The fourth-order valence-electron chi connectivity index (χ4n) is 2.78. The molecule has 1 amide bonds. The highest BCUT2D eigenvalue weighted by molar-refractivity contribution is 8.16.